The molecule has 0 aromatic carbocycles. The third-order valence-corrected chi connectivity index (χ3v) is 2.41. The Morgan fingerprint density at radius 2 is 1.94 bits per heavy atom. The van der Waals surface area contributed by atoms with Crippen LogP contribution in [0.4, 0.5) is 5.82 Å². The molecule has 90 valence electrons. The molecule has 0 unspecified atom stereocenters. The van der Waals surface area contributed by atoms with Crippen molar-refractivity contribution in [3.05, 3.63) is 17.5 Å². The standard InChI is InChI=1S/C11H19ClN4/c1-4-5-16(7-6-15(2)3)11-9-13-8-10(12)14-11/h8-9H,4-7H2,1-3H3. The molecule has 0 aliphatic heterocycles. The Bertz CT molecular complexity index is 317. The van der Waals surface area contributed by atoms with Gasteiger partial charge in [-0.25, -0.2) is 4.98 Å². The van der Waals surface area contributed by atoms with E-state index in [-0.39, 0.29) is 0 Å². The smallest absolute Gasteiger partial charge is 0.149 e. The Labute approximate surface area is 102 Å². The van der Waals surface area contributed by atoms with E-state index >= 15 is 0 Å². The van der Waals surface area contributed by atoms with Crippen LogP contribution in [0.3, 0.4) is 0 Å². The van der Waals surface area contributed by atoms with E-state index in [2.05, 4.69) is 40.8 Å². The molecule has 0 amide bonds. The van der Waals surface area contributed by atoms with Crippen LogP contribution < -0.4 is 4.90 Å². The van der Waals surface area contributed by atoms with Gasteiger partial charge in [-0.1, -0.05) is 18.5 Å². The fourth-order valence-corrected chi connectivity index (χ4v) is 1.56. The Morgan fingerprint density at radius 3 is 2.50 bits per heavy atom. The molecule has 0 fully saturated rings. The lowest BCUT2D eigenvalue weighted by atomic mass is 10.4. The maximum atomic E-state index is 5.84. The van der Waals surface area contributed by atoms with Gasteiger partial charge in [-0.2, -0.15) is 0 Å². The van der Waals surface area contributed by atoms with Gasteiger partial charge in [0.15, 0.2) is 0 Å². The molecule has 0 saturated heterocycles. The first-order valence-electron chi connectivity index (χ1n) is 5.50. The first-order chi connectivity index (χ1) is 7.63. The van der Waals surface area contributed by atoms with Gasteiger partial charge in [-0.05, 0) is 20.5 Å². The van der Waals surface area contributed by atoms with Crippen LogP contribution in [-0.4, -0.2) is 48.6 Å². The molecule has 1 heterocycles. The highest BCUT2D eigenvalue weighted by Crippen LogP contribution is 2.12. The van der Waals surface area contributed by atoms with E-state index in [4.69, 9.17) is 11.6 Å². The zero-order valence-electron chi connectivity index (χ0n) is 10.1. The molecule has 1 aromatic rings. The topological polar surface area (TPSA) is 32.3 Å². The number of likely N-dealkylation sites (N-methyl/N-ethyl adjacent to an activating group) is 1. The lowest BCUT2D eigenvalue weighted by Crippen LogP contribution is -2.33. The number of hydrogen-bond acceptors (Lipinski definition) is 4. The zero-order valence-corrected chi connectivity index (χ0v) is 10.9. The minimum absolute atomic E-state index is 0.448. The summed E-state index contributed by atoms with van der Waals surface area (Å²) in [6, 6.07) is 0. The van der Waals surface area contributed by atoms with E-state index < -0.39 is 0 Å². The van der Waals surface area contributed by atoms with E-state index in [9.17, 15) is 0 Å². The van der Waals surface area contributed by atoms with Crippen molar-refractivity contribution in [2.75, 3.05) is 38.6 Å². The van der Waals surface area contributed by atoms with E-state index in [1.165, 1.54) is 0 Å². The maximum Gasteiger partial charge on any atom is 0.149 e. The van der Waals surface area contributed by atoms with E-state index in [0.29, 0.717) is 5.15 Å². The van der Waals surface area contributed by atoms with Crippen molar-refractivity contribution in [2.45, 2.75) is 13.3 Å². The van der Waals surface area contributed by atoms with Crippen LogP contribution in [0.1, 0.15) is 13.3 Å². The van der Waals surface area contributed by atoms with Crippen LogP contribution in [0.25, 0.3) is 0 Å². The second-order valence-corrected chi connectivity index (χ2v) is 4.38. The minimum atomic E-state index is 0.448. The van der Waals surface area contributed by atoms with Crippen LogP contribution in [-0.2, 0) is 0 Å². The normalized spacial score (nSPS) is 10.8. The number of aromatic nitrogens is 2. The number of rotatable bonds is 6. The van der Waals surface area contributed by atoms with E-state index in [1.54, 1.807) is 12.4 Å². The Hall–Kier alpha value is -0.870. The molecule has 5 heteroatoms. The minimum Gasteiger partial charge on any atom is -0.354 e. The van der Waals surface area contributed by atoms with Gasteiger partial charge >= 0.3 is 0 Å². The quantitative estimate of drug-likeness (QED) is 0.763. The summed E-state index contributed by atoms with van der Waals surface area (Å²) in [5, 5.41) is 0.448. The summed E-state index contributed by atoms with van der Waals surface area (Å²) in [5.41, 5.74) is 0. The van der Waals surface area contributed by atoms with Crippen molar-refractivity contribution in [1.82, 2.24) is 14.9 Å². The first-order valence-corrected chi connectivity index (χ1v) is 5.88. The van der Waals surface area contributed by atoms with Gasteiger partial charge in [0.05, 0.1) is 12.4 Å². The highest BCUT2D eigenvalue weighted by molar-refractivity contribution is 6.29. The number of halogens is 1. The van der Waals surface area contributed by atoms with Gasteiger partial charge < -0.3 is 9.80 Å². The second kappa shape index (κ2) is 6.66. The van der Waals surface area contributed by atoms with Gasteiger partial charge in [0, 0.05) is 19.6 Å². The number of anilines is 1. The fraction of sp³-hybridized carbons (Fsp3) is 0.636. The van der Waals surface area contributed by atoms with Gasteiger partial charge in [0.2, 0.25) is 0 Å². The number of nitrogens with zero attached hydrogens (tertiary/aromatic N) is 4. The van der Waals surface area contributed by atoms with Gasteiger partial charge in [0.1, 0.15) is 11.0 Å². The second-order valence-electron chi connectivity index (χ2n) is 3.99. The van der Waals surface area contributed by atoms with Crippen molar-refractivity contribution in [1.29, 1.82) is 0 Å². The molecule has 0 aliphatic rings. The lowest BCUT2D eigenvalue weighted by Gasteiger charge is -2.24. The lowest BCUT2D eigenvalue weighted by molar-refractivity contribution is 0.412. The average molecular weight is 243 g/mol. The van der Waals surface area contributed by atoms with Crippen LogP contribution >= 0.6 is 11.6 Å². The van der Waals surface area contributed by atoms with Crippen molar-refractivity contribution >= 4 is 17.4 Å². The van der Waals surface area contributed by atoms with E-state index in [0.717, 1.165) is 31.9 Å². The molecule has 16 heavy (non-hydrogen) atoms. The Kier molecular flexibility index (Phi) is 5.49. The van der Waals surface area contributed by atoms with E-state index in [1.807, 2.05) is 0 Å². The van der Waals surface area contributed by atoms with Crippen LogP contribution in [0.2, 0.25) is 5.15 Å². The summed E-state index contributed by atoms with van der Waals surface area (Å²) in [6.45, 7) is 5.06. The summed E-state index contributed by atoms with van der Waals surface area (Å²) in [6.07, 6.45) is 4.40. The molecule has 0 bridgehead atoms. The van der Waals surface area contributed by atoms with Crippen molar-refractivity contribution in [3.63, 3.8) is 0 Å². The molecule has 0 radical (unpaired) electrons. The first kappa shape index (κ1) is 13.2. The summed E-state index contributed by atoms with van der Waals surface area (Å²) in [7, 11) is 4.13. The Morgan fingerprint density at radius 1 is 1.19 bits per heavy atom. The molecule has 1 aromatic heterocycles. The average Bonchev–Trinajstić information content (AvgIpc) is 2.24. The molecular weight excluding hydrogens is 224 g/mol. The predicted molar refractivity (Wildman–Crippen MR) is 68.1 cm³/mol. The largest absolute Gasteiger partial charge is 0.354 e. The molecule has 0 N–H and O–H groups in total. The Balaban J connectivity index is 2.68. The van der Waals surface area contributed by atoms with Crippen molar-refractivity contribution in [3.8, 4) is 0 Å². The fourth-order valence-electron chi connectivity index (χ4n) is 1.42. The molecule has 0 atom stereocenters. The molecule has 4 nitrogen and oxygen atoms in total. The summed E-state index contributed by atoms with van der Waals surface area (Å²) >= 11 is 5.84. The summed E-state index contributed by atoms with van der Waals surface area (Å²) in [5.74, 6) is 0.858. The third kappa shape index (κ3) is 4.33. The van der Waals surface area contributed by atoms with Crippen molar-refractivity contribution < 1.29 is 0 Å². The SMILES string of the molecule is CCCN(CCN(C)C)c1cncc(Cl)n1. The van der Waals surface area contributed by atoms with Gasteiger partial charge in [0.25, 0.3) is 0 Å². The summed E-state index contributed by atoms with van der Waals surface area (Å²) in [4.78, 5) is 12.7. The predicted octanol–water partition coefficient (Wildman–Crippen LogP) is 1.91. The highest BCUT2D eigenvalue weighted by Gasteiger charge is 2.08. The highest BCUT2D eigenvalue weighted by atomic mass is 35.5. The third-order valence-electron chi connectivity index (χ3n) is 2.23. The van der Waals surface area contributed by atoms with Crippen LogP contribution in [0, 0.1) is 0 Å². The molecule has 0 aliphatic carbocycles. The molecular formula is C11H19ClN4. The maximum absolute atomic E-state index is 5.84. The molecule has 1 rings (SSSR count). The molecule has 0 spiro atoms. The van der Waals surface area contributed by atoms with Crippen LogP contribution in [0.15, 0.2) is 12.4 Å². The van der Waals surface area contributed by atoms with Gasteiger partial charge in [-0.3, -0.25) is 4.98 Å². The van der Waals surface area contributed by atoms with Gasteiger partial charge in [-0.15, -0.1) is 0 Å². The summed E-state index contributed by atoms with van der Waals surface area (Å²) < 4.78 is 0. The van der Waals surface area contributed by atoms with Crippen LogP contribution in [0.5, 0.6) is 0 Å². The monoisotopic (exact) mass is 242 g/mol. The van der Waals surface area contributed by atoms with Crippen molar-refractivity contribution in [2.24, 2.45) is 0 Å². The zero-order chi connectivity index (χ0) is 12.0. The number of hydrogen-bond donors (Lipinski definition) is 0. The molecule has 0 saturated carbocycles.